The summed E-state index contributed by atoms with van der Waals surface area (Å²) in [6, 6.07) is 10.4. The number of carbonyl (C=O) groups is 1. The molecule has 3 atom stereocenters. The molecule has 7 heteroatoms. The second kappa shape index (κ2) is 7.25. The molecule has 2 fully saturated rings. The first-order chi connectivity index (χ1) is 14.7. The van der Waals surface area contributed by atoms with E-state index in [4.69, 9.17) is 13.9 Å². The lowest BCUT2D eigenvalue weighted by atomic mass is 10.00. The highest BCUT2D eigenvalue weighted by molar-refractivity contribution is 5.77. The van der Waals surface area contributed by atoms with Gasteiger partial charge in [0.05, 0.1) is 0 Å². The molecule has 0 aromatic heterocycles. The number of ether oxygens (including phenoxy) is 2. The van der Waals surface area contributed by atoms with Crippen LogP contribution in [0.4, 0.5) is 4.79 Å². The van der Waals surface area contributed by atoms with Crippen LogP contribution in [0.1, 0.15) is 46.5 Å². The molecule has 2 saturated heterocycles. The first-order valence-electron chi connectivity index (χ1n) is 10.8. The normalized spacial score (nSPS) is 23.3. The quantitative estimate of drug-likeness (QED) is 0.561. The Labute approximate surface area is 180 Å². The molecule has 162 valence electrons. The lowest BCUT2D eigenvalue weighted by Gasteiger charge is -2.39. The van der Waals surface area contributed by atoms with Crippen molar-refractivity contribution in [3.8, 4) is 17.2 Å². The SMILES string of the molecule is CC(C)(C)OC(=O)N1[C@@H]2CC[C@H]1C[C@H](Oc1ccc3nc4ccc(=O)cc-4oc3c1)C2. The van der Waals surface area contributed by atoms with Crippen molar-refractivity contribution < 1.29 is 18.7 Å². The molecule has 0 unspecified atom stereocenters. The van der Waals surface area contributed by atoms with Gasteiger partial charge in [0.2, 0.25) is 0 Å². The van der Waals surface area contributed by atoms with Gasteiger partial charge in [-0.05, 0) is 57.9 Å². The number of hydrogen-bond donors (Lipinski definition) is 0. The number of benzene rings is 2. The molecule has 1 amide bonds. The summed E-state index contributed by atoms with van der Waals surface area (Å²) in [5, 5.41) is 0. The zero-order valence-corrected chi connectivity index (χ0v) is 18.0. The van der Waals surface area contributed by atoms with Crippen molar-refractivity contribution in [2.45, 2.75) is 70.2 Å². The molecule has 2 bridgehead atoms. The molecular formula is C24H26N2O5. The zero-order chi connectivity index (χ0) is 21.8. The van der Waals surface area contributed by atoms with Gasteiger partial charge in [0, 0.05) is 37.1 Å². The summed E-state index contributed by atoms with van der Waals surface area (Å²) < 4.78 is 17.8. The highest BCUT2D eigenvalue weighted by Gasteiger charge is 2.45. The number of piperidine rings is 1. The molecule has 1 aromatic carbocycles. The Hall–Kier alpha value is -3.09. The van der Waals surface area contributed by atoms with E-state index in [0.717, 1.165) is 25.7 Å². The molecule has 3 aliphatic heterocycles. The van der Waals surface area contributed by atoms with Gasteiger partial charge in [0.25, 0.3) is 0 Å². The molecule has 31 heavy (non-hydrogen) atoms. The lowest BCUT2D eigenvalue weighted by molar-refractivity contribution is -0.00706. The van der Waals surface area contributed by atoms with E-state index < -0.39 is 5.60 Å². The molecule has 5 rings (SSSR count). The highest BCUT2D eigenvalue weighted by atomic mass is 16.6. The van der Waals surface area contributed by atoms with Crippen molar-refractivity contribution in [2.75, 3.05) is 0 Å². The first kappa shape index (κ1) is 19.8. The smallest absolute Gasteiger partial charge is 0.410 e. The predicted octanol–water partition coefficient (Wildman–Crippen LogP) is 4.60. The van der Waals surface area contributed by atoms with E-state index in [1.165, 1.54) is 12.1 Å². The van der Waals surface area contributed by atoms with Crippen molar-refractivity contribution in [1.82, 2.24) is 9.88 Å². The van der Waals surface area contributed by atoms with Gasteiger partial charge in [-0.1, -0.05) is 0 Å². The Morgan fingerprint density at radius 2 is 1.84 bits per heavy atom. The number of amides is 1. The van der Waals surface area contributed by atoms with E-state index >= 15 is 0 Å². The van der Waals surface area contributed by atoms with Crippen LogP contribution in [0, 0.1) is 0 Å². The second-order valence-corrected chi connectivity index (χ2v) is 9.46. The standard InChI is InChI=1S/C24H26N2O5/c1-24(2,3)31-23(28)26-14-4-5-15(26)11-18(10-14)29-17-7-9-20-22(13-17)30-21-12-16(27)6-8-19(21)25-20/h6-9,12-15,18H,4-5,10-11H2,1-3H3/t14-,15+,18-. The van der Waals surface area contributed by atoms with Crippen molar-refractivity contribution in [2.24, 2.45) is 0 Å². The molecule has 1 aliphatic carbocycles. The zero-order valence-electron chi connectivity index (χ0n) is 18.0. The number of nitrogens with zero attached hydrogens (tertiary/aromatic N) is 2. The van der Waals surface area contributed by atoms with Crippen LogP contribution in [0.25, 0.3) is 22.6 Å². The van der Waals surface area contributed by atoms with Gasteiger partial charge in [-0.25, -0.2) is 9.78 Å². The fourth-order valence-electron chi connectivity index (χ4n) is 4.69. The van der Waals surface area contributed by atoms with Gasteiger partial charge < -0.3 is 18.8 Å². The molecule has 0 spiro atoms. The van der Waals surface area contributed by atoms with Gasteiger partial charge in [-0.3, -0.25) is 4.79 Å². The molecule has 0 saturated carbocycles. The second-order valence-electron chi connectivity index (χ2n) is 9.46. The summed E-state index contributed by atoms with van der Waals surface area (Å²) in [5.74, 6) is 1.16. The van der Waals surface area contributed by atoms with Gasteiger partial charge in [-0.15, -0.1) is 0 Å². The fourth-order valence-corrected chi connectivity index (χ4v) is 4.69. The molecule has 1 aromatic rings. The minimum Gasteiger partial charge on any atom is -0.490 e. The Morgan fingerprint density at radius 1 is 1.10 bits per heavy atom. The first-order valence-corrected chi connectivity index (χ1v) is 10.8. The van der Waals surface area contributed by atoms with E-state index in [-0.39, 0.29) is 29.7 Å². The van der Waals surface area contributed by atoms with Crippen LogP contribution in [0.5, 0.6) is 5.75 Å². The third-order valence-corrected chi connectivity index (χ3v) is 5.92. The van der Waals surface area contributed by atoms with Crippen LogP contribution < -0.4 is 10.2 Å². The largest absolute Gasteiger partial charge is 0.490 e. The summed E-state index contributed by atoms with van der Waals surface area (Å²) in [5.41, 5.74) is 1.32. The van der Waals surface area contributed by atoms with E-state index in [1.54, 1.807) is 6.07 Å². The number of fused-ring (bicyclic) bond motifs is 4. The van der Waals surface area contributed by atoms with Crippen LogP contribution in [0.3, 0.4) is 0 Å². The van der Waals surface area contributed by atoms with Crippen LogP contribution in [-0.4, -0.2) is 39.8 Å². The van der Waals surface area contributed by atoms with E-state index in [0.29, 0.717) is 28.3 Å². The number of aromatic nitrogens is 1. The lowest BCUT2D eigenvalue weighted by Crippen LogP contribution is -2.50. The average Bonchev–Trinajstić information content (AvgIpc) is 2.96. The van der Waals surface area contributed by atoms with Crippen molar-refractivity contribution in [3.05, 3.63) is 46.6 Å². The minimum atomic E-state index is -0.497. The van der Waals surface area contributed by atoms with Crippen molar-refractivity contribution in [3.63, 3.8) is 0 Å². The number of rotatable bonds is 2. The van der Waals surface area contributed by atoms with Crippen LogP contribution >= 0.6 is 0 Å². The van der Waals surface area contributed by atoms with Crippen LogP contribution in [0.15, 0.2) is 45.6 Å². The summed E-state index contributed by atoms with van der Waals surface area (Å²) in [6.45, 7) is 5.68. The Morgan fingerprint density at radius 3 is 2.55 bits per heavy atom. The molecule has 7 nitrogen and oxygen atoms in total. The van der Waals surface area contributed by atoms with Crippen molar-refractivity contribution >= 4 is 17.2 Å². The molecule has 0 radical (unpaired) electrons. The molecule has 4 aliphatic rings. The maximum Gasteiger partial charge on any atom is 0.410 e. The molecule has 0 N–H and O–H groups in total. The fraction of sp³-hybridized carbons (Fsp3) is 0.458. The minimum absolute atomic E-state index is 0.0234. The maximum atomic E-state index is 12.6. The monoisotopic (exact) mass is 422 g/mol. The van der Waals surface area contributed by atoms with Crippen molar-refractivity contribution in [1.29, 1.82) is 0 Å². The predicted molar refractivity (Wildman–Crippen MR) is 115 cm³/mol. The summed E-state index contributed by atoms with van der Waals surface area (Å²) in [4.78, 5) is 30.7. The Kier molecular flexibility index (Phi) is 4.64. The average molecular weight is 422 g/mol. The van der Waals surface area contributed by atoms with Crippen LogP contribution in [-0.2, 0) is 4.74 Å². The van der Waals surface area contributed by atoms with E-state index in [9.17, 15) is 9.59 Å². The summed E-state index contributed by atoms with van der Waals surface area (Å²) in [6.07, 6.45) is 3.31. The van der Waals surface area contributed by atoms with Crippen LogP contribution in [0.2, 0.25) is 0 Å². The van der Waals surface area contributed by atoms with Gasteiger partial charge in [0.15, 0.2) is 16.8 Å². The van der Waals surface area contributed by atoms with E-state index in [2.05, 4.69) is 4.98 Å². The molecule has 3 heterocycles. The number of hydrogen-bond acceptors (Lipinski definition) is 6. The third-order valence-electron chi connectivity index (χ3n) is 5.92. The van der Waals surface area contributed by atoms with E-state index in [1.807, 2.05) is 43.9 Å². The summed E-state index contributed by atoms with van der Waals surface area (Å²) in [7, 11) is 0. The Bertz CT molecular complexity index is 1150. The summed E-state index contributed by atoms with van der Waals surface area (Å²) >= 11 is 0. The molecular weight excluding hydrogens is 396 g/mol. The van der Waals surface area contributed by atoms with Gasteiger partial charge in [-0.2, -0.15) is 0 Å². The van der Waals surface area contributed by atoms with Gasteiger partial charge in [0.1, 0.15) is 28.7 Å². The van der Waals surface area contributed by atoms with Gasteiger partial charge >= 0.3 is 6.09 Å². The topological polar surface area (TPSA) is 81.9 Å². The third kappa shape index (κ3) is 3.96. The Balaban J connectivity index is 1.33. The number of carbonyl (C=O) groups excluding carboxylic acids is 1. The maximum absolute atomic E-state index is 12.6. The highest BCUT2D eigenvalue weighted by Crippen LogP contribution is 2.38.